The second-order valence-electron chi connectivity index (χ2n) is 6.28. The molecule has 0 unspecified atom stereocenters. The monoisotopic (exact) mass is 485 g/mol. The second kappa shape index (κ2) is 11.3. The van der Waals surface area contributed by atoms with Crippen LogP contribution in [0.5, 0.6) is 5.75 Å². The third-order valence-corrected chi connectivity index (χ3v) is 4.18. The Morgan fingerprint density at radius 3 is 2.48 bits per heavy atom. The van der Waals surface area contributed by atoms with Gasteiger partial charge in [0.05, 0.1) is 16.9 Å². The van der Waals surface area contributed by atoms with Crippen molar-refractivity contribution in [3.63, 3.8) is 0 Å². The number of nitrogens with two attached hydrogens (primary N) is 1. The standard InChI is InChI=1S/C18H18ClN5O2.C2HF3O2/c1-24-17(14(19)11-22-24)13-10-12(5-6-16(13)26-9-7-20)23-18(25)15-4-2-3-8-21-15;3-2(4,5)1(6)7/h2-6,8,10-11H,7,9,20H2,1H3,(H,23,25);(H,6,7). The van der Waals surface area contributed by atoms with Crippen molar-refractivity contribution in [1.29, 1.82) is 0 Å². The highest BCUT2D eigenvalue weighted by Crippen LogP contribution is 2.36. The molecule has 0 radical (unpaired) electrons. The Labute approximate surface area is 190 Å². The highest BCUT2D eigenvalue weighted by molar-refractivity contribution is 6.33. The molecule has 0 aliphatic carbocycles. The van der Waals surface area contributed by atoms with Gasteiger partial charge in [0.2, 0.25) is 0 Å². The SMILES string of the molecule is Cn1ncc(Cl)c1-c1cc(NC(=O)c2ccccn2)ccc1OCCN.O=C(O)C(F)(F)F. The van der Waals surface area contributed by atoms with Gasteiger partial charge < -0.3 is 20.9 Å². The molecule has 0 fully saturated rings. The molecule has 176 valence electrons. The van der Waals surface area contributed by atoms with E-state index in [1.54, 1.807) is 60.5 Å². The number of carbonyl (C=O) groups is 2. The molecular formula is C20H19ClF3N5O4. The summed E-state index contributed by atoms with van der Waals surface area (Å²) in [6, 6.07) is 10.5. The number of aliphatic carboxylic acids is 1. The van der Waals surface area contributed by atoms with Gasteiger partial charge in [-0.3, -0.25) is 14.5 Å². The van der Waals surface area contributed by atoms with E-state index in [-0.39, 0.29) is 5.91 Å². The molecule has 3 rings (SSSR count). The van der Waals surface area contributed by atoms with Gasteiger partial charge in [-0.1, -0.05) is 17.7 Å². The van der Waals surface area contributed by atoms with Gasteiger partial charge in [-0.15, -0.1) is 0 Å². The fourth-order valence-corrected chi connectivity index (χ4v) is 2.76. The largest absolute Gasteiger partial charge is 0.492 e. The molecule has 2 aromatic heterocycles. The maximum absolute atomic E-state index is 12.3. The number of anilines is 1. The summed E-state index contributed by atoms with van der Waals surface area (Å²) < 4.78 is 39.1. The van der Waals surface area contributed by atoms with Crippen LogP contribution >= 0.6 is 11.6 Å². The number of benzene rings is 1. The minimum atomic E-state index is -5.08. The number of amides is 1. The molecule has 0 atom stereocenters. The van der Waals surface area contributed by atoms with E-state index in [9.17, 15) is 18.0 Å². The van der Waals surface area contributed by atoms with Crippen LogP contribution in [0.3, 0.4) is 0 Å². The summed E-state index contributed by atoms with van der Waals surface area (Å²) in [5.41, 5.74) is 7.85. The van der Waals surface area contributed by atoms with Crippen LogP contribution in [0.1, 0.15) is 10.5 Å². The maximum atomic E-state index is 12.3. The smallest absolute Gasteiger partial charge is 0.490 e. The molecule has 33 heavy (non-hydrogen) atoms. The Balaban J connectivity index is 0.000000479. The average molecular weight is 486 g/mol. The molecule has 4 N–H and O–H groups in total. The van der Waals surface area contributed by atoms with Gasteiger partial charge in [0.15, 0.2) is 0 Å². The first-order valence-electron chi connectivity index (χ1n) is 9.22. The van der Waals surface area contributed by atoms with Crippen molar-refractivity contribution in [1.82, 2.24) is 14.8 Å². The van der Waals surface area contributed by atoms with E-state index in [2.05, 4.69) is 15.4 Å². The van der Waals surface area contributed by atoms with Gasteiger partial charge >= 0.3 is 12.1 Å². The first-order valence-corrected chi connectivity index (χ1v) is 9.59. The number of nitrogens with zero attached hydrogens (tertiary/aromatic N) is 3. The van der Waals surface area contributed by atoms with E-state index >= 15 is 0 Å². The number of aryl methyl sites for hydroxylation is 1. The van der Waals surface area contributed by atoms with E-state index in [0.29, 0.717) is 46.6 Å². The van der Waals surface area contributed by atoms with Crippen LogP contribution in [-0.2, 0) is 11.8 Å². The van der Waals surface area contributed by atoms with Gasteiger partial charge in [0, 0.05) is 31.0 Å². The molecule has 0 saturated carbocycles. The lowest BCUT2D eigenvalue weighted by atomic mass is 10.1. The summed E-state index contributed by atoms with van der Waals surface area (Å²) in [4.78, 5) is 25.3. The summed E-state index contributed by atoms with van der Waals surface area (Å²) in [6.07, 6.45) is -1.96. The second-order valence-corrected chi connectivity index (χ2v) is 6.69. The van der Waals surface area contributed by atoms with E-state index in [1.165, 1.54) is 0 Å². The fraction of sp³-hybridized carbons (Fsp3) is 0.200. The molecule has 13 heteroatoms. The number of carbonyl (C=O) groups excluding carboxylic acids is 1. The van der Waals surface area contributed by atoms with Crippen LogP contribution in [0, 0.1) is 0 Å². The average Bonchev–Trinajstić information content (AvgIpc) is 3.11. The number of ether oxygens (including phenoxy) is 1. The molecule has 9 nitrogen and oxygen atoms in total. The molecule has 0 saturated heterocycles. The van der Waals surface area contributed by atoms with E-state index in [0.717, 1.165) is 0 Å². The van der Waals surface area contributed by atoms with Crippen molar-refractivity contribution >= 4 is 29.2 Å². The molecule has 1 aromatic carbocycles. The fourth-order valence-electron chi connectivity index (χ4n) is 2.49. The quantitative estimate of drug-likeness (QED) is 0.487. The lowest BCUT2D eigenvalue weighted by Gasteiger charge is -2.14. The van der Waals surface area contributed by atoms with E-state index in [4.69, 9.17) is 32.0 Å². The summed E-state index contributed by atoms with van der Waals surface area (Å²) in [5.74, 6) is -2.45. The van der Waals surface area contributed by atoms with Crippen LogP contribution in [0.15, 0.2) is 48.8 Å². The predicted molar refractivity (Wildman–Crippen MR) is 114 cm³/mol. The number of hydrogen-bond donors (Lipinski definition) is 3. The number of nitrogens with one attached hydrogen (secondary N) is 1. The zero-order valence-corrected chi connectivity index (χ0v) is 17.9. The van der Waals surface area contributed by atoms with Crippen molar-refractivity contribution in [2.24, 2.45) is 12.8 Å². The predicted octanol–water partition coefficient (Wildman–Crippen LogP) is 3.36. The number of rotatable bonds is 6. The maximum Gasteiger partial charge on any atom is 0.490 e. The zero-order valence-electron chi connectivity index (χ0n) is 17.1. The Kier molecular flexibility index (Phi) is 8.77. The van der Waals surface area contributed by atoms with Crippen molar-refractivity contribution in [3.05, 3.63) is 59.5 Å². The van der Waals surface area contributed by atoms with Crippen molar-refractivity contribution < 1.29 is 32.6 Å². The van der Waals surface area contributed by atoms with E-state index < -0.39 is 12.1 Å². The van der Waals surface area contributed by atoms with Gasteiger partial charge in [0.25, 0.3) is 5.91 Å². The summed E-state index contributed by atoms with van der Waals surface area (Å²) in [7, 11) is 1.78. The molecule has 2 heterocycles. The van der Waals surface area contributed by atoms with Crippen molar-refractivity contribution in [2.75, 3.05) is 18.5 Å². The van der Waals surface area contributed by atoms with Gasteiger partial charge in [-0.2, -0.15) is 18.3 Å². The topological polar surface area (TPSA) is 132 Å². The number of pyridine rings is 1. The number of hydrogen-bond acceptors (Lipinski definition) is 6. The third kappa shape index (κ3) is 7.19. The number of carboxylic acid groups (broad SMARTS) is 1. The number of carboxylic acids is 1. The molecule has 0 aliphatic heterocycles. The Morgan fingerprint density at radius 1 is 1.27 bits per heavy atom. The molecule has 0 aliphatic rings. The highest BCUT2D eigenvalue weighted by atomic mass is 35.5. The first kappa shape index (κ1) is 25.6. The minimum Gasteiger partial charge on any atom is -0.492 e. The van der Waals surface area contributed by atoms with Crippen molar-refractivity contribution in [3.8, 4) is 17.0 Å². The number of alkyl halides is 3. The van der Waals surface area contributed by atoms with Crippen molar-refractivity contribution in [2.45, 2.75) is 6.18 Å². The summed E-state index contributed by atoms with van der Waals surface area (Å²) in [6.45, 7) is 0.749. The highest BCUT2D eigenvalue weighted by Gasteiger charge is 2.38. The van der Waals surface area contributed by atoms with E-state index in [1.807, 2.05) is 0 Å². The Bertz CT molecular complexity index is 1090. The van der Waals surface area contributed by atoms with Crippen LogP contribution in [0.2, 0.25) is 5.02 Å². The Hall–Kier alpha value is -3.64. The molecular weight excluding hydrogens is 467 g/mol. The number of halogens is 4. The molecule has 1 amide bonds. The van der Waals surface area contributed by atoms with Gasteiger partial charge in [-0.25, -0.2) is 4.79 Å². The van der Waals surface area contributed by atoms with Crippen LogP contribution in [0.25, 0.3) is 11.3 Å². The summed E-state index contributed by atoms with van der Waals surface area (Å²) in [5, 5.41) is 14.6. The Morgan fingerprint density at radius 2 is 1.97 bits per heavy atom. The normalized spacial score (nSPS) is 10.7. The van der Waals surface area contributed by atoms with Crippen LogP contribution < -0.4 is 15.8 Å². The zero-order chi connectivity index (χ0) is 24.6. The first-order chi connectivity index (χ1) is 15.5. The summed E-state index contributed by atoms with van der Waals surface area (Å²) >= 11 is 6.28. The number of aromatic nitrogens is 3. The van der Waals surface area contributed by atoms with Crippen LogP contribution in [0.4, 0.5) is 18.9 Å². The minimum absolute atomic E-state index is 0.303. The lowest BCUT2D eigenvalue weighted by Crippen LogP contribution is -2.21. The van der Waals surface area contributed by atoms with Gasteiger partial charge in [-0.05, 0) is 30.3 Å². The molecule has 3 aromatic rings. The lowest BCUT2D eigenvalue weighted by molar-refractivity contribution is -0.192. The van der Waals surface area contributed by atoms with Crippen LogP contribution in [-0.4, -0.2) is 51.1 Å². The molecule has 0 bridgehead atoms. The molecule has 0 spiro atoms. The third-order valence-electron chi connectivity index (χ3n) is 3.90. The van der Waals surface area contributed by atoms with Gasteiger partial charge in [0.1, 0.15) is 18.1 Å².